The summed E-state index contributed by atoms with van der Waals surface area (Å²) in [5.74, 6) is 0.887. The van der Waals surface area contributed by atoms with Gasteiger partial charge in [-0.3, -0.25) is 9.67 Å². The van der Waals surface area contributed by atoms with Crippen LogP contribution in [0.5, 0.6) is 0 Å². The largest absolute Gasteiger partial charge is 0.356 e. The van der Waals surface area contributed by atoms with Crippen LogP contribution >= 0.6 is 11.6 Å². The number of hydrogen-bond acceptors (Lipinski definition) is 2. The van der Waals surface area contributed by atoms with Crippen LogP contribution < -0.4 is 5.32 Å². The second-order valence-electron chi connectivity index (χ2n) is 5.96. The van der Waals surface area contributed by atoms with Crippen LogP contribution in [0.25, 0.3) is 0 Å². The van der Waals surface area contributed by atoms with Crippen LogP contribution in [0.2, 0.25) is 5.02 Å². The molecule has 0 unspecified atom stereocenters. The van der Waals surface area contributed by atoms with Crippen molar-refractivity contribution in [3.8, 4) is 0 Å². The Labute approximate surface area is 149 Å². The Hall–Kier alpha value is -2.01. The standard InChI is InChI=1S/C18H26ClN5/c1-14-12-15(2)24(22-14)11-5-10-21-18(20-3)23(4)13-16-6-8-17(19)9-7-16/h6-9,12H,5,10-11,13H2,1-4H3,(H,20,21). The van der Waals surface area contributed by atoms with Crippen LogP contribution in [0.3, 0.4) is 0 Å². The minimum Gasteiger partial charge on any atom is -0.356 e. The maximum Gasteiger partial charge on any atom is 0.193 e. The highest BCUT2D eigenvalue weighted by Crippen LogP contribution is 2.11. The predicted molar refractivity (Wildman–Crippen MR) is 101 cm³/mol. The van der Waals surface area contributed by atoms with E-state index in [9.17, 15) is 0 Å². The molecule has 130 valence electrons. The van der Waals surface area contributed by atoms with Crippen molar-refractivity contribution >= 4 is 17.6 Å². The smallest absolute Gasteiger partial charge is 0.193 e. The molecule has 0 aliphatic heterocycles. The number of aliphatic imine (C=N–C) groups is 1. The van der Waals surface area contributed by atoms with Crippen molar-refractivity contribution < 1.29 is 0 Å². The summed E-state index contributed by atoms with van der Waals surface area (Å²) in [7, 11) is 3.84. The molecule has 1 aromatic heterocycles. The fraction of sp³-hybridized carbons (Fsp3) is 0.444. The first-order valence-electron chi connectivity index (χ1n) is 8.17. The maximum absolute atomic E-state index is 5.93. The Kier molecular flexibility index (Phi) is 6.67. The van der Waals surface area contributed by atoms with Crippen LogP contribution in [-0.4, -0.2) is 41.3 Å². The van der Waals surface area contributed by atoms with Crippen molar-refractivity contribution in [3.05, 3.63) is 52.3 Å². The van der Waals surface area contributed by atoms with E-state index in [1.807, 2.05) is 45.3 Å². The van der Waals surface area contributed by atoms with Gasteiger partial charge in [-0.2, -0.15) is 5.10 Å². The van der Waals surface area contributed by atoms with E-state index >= 15 is 0 Å². The molecule has 1 N–H and O–H groups in total. The summed E-state index contributed by atoms with van der Waals surface area (Å²) < 4.78 is 2.05. The molecule has 24 heavy (non-hydrogen) atoms. The first-order chi connectivity index (χ1) is 11.5. The van der Waals surface area contributed by atoms with Gasteiger partial charge in [-0.05, 0) is 44.0 Å². The zero-order chi connectivity index (χ0) is 17.5. The van der Waals surface area contributed by atoms with Gasteiger partial charge in [0, 0.05) is 44.4 Å². The lowest BCUT2D eigenvalue weighted by Gasteiger charge is -2.22. The molecule has 0 aliphatic rings. The number of nitrogens with one attached hydrogen (secondary N) is 1. The SMILES string of the molecule is CN=C(NCCCn1nc(C)cc1C)N(C)Cc1ccc(Cl)cc1. The topological polar surface area (TPSA) is 45.5 Å². The van der Waals surface area contributed by atoms with Crippen LogP contribution in [0.4, 0.5) is 0 Å². The molecule has 0 amide bonds. The Bertz CT molecular complexity index is 675. The van der Waals surface area contributed by atoms with Crippen LogP contribution in [0, 0.1) is 13.8 Å². The minimum atomic E-state index is 0.757. The van der Waals surface area contributed by atoms with Crippen molar-refractivity contribution in [2.75, 3.05) is 20.6 Å². The second-order valence-corrected chi connectivity index (χ2v) is 6.40. The summed E-state index contributed by atoms with van der Waals surface area (Å²) in [6.45, 7) is 6.66. The third-order valence-corrected chi connectivity index (χ3v) is 4.09. The average molecular weight is 348 g/mol. The summed E-state index contributed by atoms with van der Waals surface area (Å²) in [5.41, 5.74) is 3.48. The van der Waals surface area contributed by atoms with E-state index in [1.165, 1.54) is 11.3 Å². The zero-order valence-electron chi connectivity index (χ0n) is 14.9. The van der Waals surface area contributed by atoms with Gasteiger partial charge in [-0.15, -0.1) is 0 Å². The first kappa shape index (κ1) is 18.3. The molecule has 0 saturated heterocycles. The molecule has 5 nitrogen and oxygen atoms in total. The molecule has 2 rings (SSSR count). The number of halogens is 1. The Balaban J connectivity index is 1.79. The van der Waals surface area contributed by atoms with Crippen LogP contribution in [0.1, 0.15) is 23.4 Å². The fourth-order valence-electron chi connectivity index (χ4n) is 2.65. The quantitative estimate of drug-likeness (QED) is 0.495. The average Bonchev–Trinajstić information content (AvgIpc) is 2.87. The summed E-state index contributed by atoms with van der Waals surface area (Å²) in [6.07, 6.45) is 0.996. The Morgan fingerprint density at radius 1 is 1.29 bits per heavy atom. The van der Waals surface area contributed by atoms with E-state index in [0.717, 1.165) is 42.7 Å². The number of aromatic nitrogens is 2. The predicted octanol–water partition coefficient (Wildman–Crippen LogP) is 3.25. The van der Waals surface area contributed by atoms with E-state index in [-0.39, 0.29) is 0 Å². The van der Waals surface area contributed by atoms with Gasteiger partial charge >= 0.3 is 0 Å². The summed E-state index contributed by atoms with van der Waals surface area (Å²) in [5, 5.41) is 8.65. The summed E-state index contributed by atoms with van der Waals surface area (Å²) in [6, 6.07) is 10.0. The third kappa shape index (κ3) is 5.27. The normalized spacial score (nSPS) is 11.6. The van der Waals surface area contributed by atoms with Gasteiger partial charge in [0.25, 0.3) is 0 Å². The molecular weight excluding hydrogens is 322 g/mol. The van der Waals surface area contributed by atoms with Crippen LogP contribution in [-0.2, 0) is 13.1 Å². The lowest BCUT2D eigenvalue weighted by molar-refractivity contribution is 0.470. The van der Waals surface area contributed by atoms with E-state index < -0.39 is 0 Å². The van der Waals surface area contributed by atoms with Gasteiger partial charge in [0.15, 0.2) is 5.96 Å². The van der Waals surface area contributed by atoms with Crippen molar-refractivity contribution in [1.29, 1.82) is 0 Å². The van der Waals surface area contributed by atoms with Gasteiger partial charge in [-0.1, -0.05) is 23.7 Å². The van der Waals surface area contributed by atoms with E-state index in [1.54, 1.807) is 0 Å². The van der Waals surface area contributed by atoms with Crippen molar-refractivity contribution in [1.82, 2.24) is 20.0 Å². The maximum atomic E-state index is 5.93. The van der Waals surface area contributed by atoms with Crippen LogP contribution in [0.15, 0.2) is 35.3 Å². The summed E-state index contributed by atoms with van der Waals surface area (Å²) >= 11 is 5.93. The molecule has 1 heterocycles. The third-order valence-electron chi connectivity index (χ3n) is 3.84. The minimum absolute atomic E-state index is 0.757. The Morgan fingerprint density at radius 2 is 2.00 bits per heavy atom. The molecule has 6 heteroatoms. The lowest BCUT2D eigenvalue weighted by atomic mass is 10.2. The van der Waals surface area contributed by atoms with Crippen molar-refractivity contribution in [2.24, 2.45) is 4.99 Å². The van der Waals surface area contributed by atoms with Gasteiger partial charge in [0.05, 0.1) is 5.69 Å². The monoisotopic (exact) mass is 347 g/mol. The number of hydrogen-bond donors (Lipinski definition) is 1. The number of nitrogens with zero attached hydrogens (tertiary/aromatic N) is 4. The molecular formula is C18H26ClN5. The highest BCUT2D eigenvalue weighted by Gasteiger charge is 2.07. The van der Waals surface area contributed by atoms with Gasteiger partial charge in [0.2, 0.25) is 0 Å². The van der Waals surface area contributed by atoms with E-state index in [0.29, 0.717) is 0 Å². The second kappa shape index (κ2) is 8.73. The molecule has 0 atom stereocenters. The highest BCUT2D eigenvalue weighted by atomic mass is 35.5. The van der Waals surface area contributed by atoms with E-state index in [4.69, 9.17) is 11.6 Å². The number of aryl methyl sites for hydroxylation is 3. The number of rotatable bonds is 6. The molecule has 1 aromatic carbocycles. The zero-order valence-corrected chi connectivity index (χ0v) is 15.6. The molecule has 2 aromatic rings. The van der Waals surface area contributed by atoms with E-state index in [2.05, 4.69) is 38.0 Å². The molecule has 0 bridgehead atoms. The summed E-state index contributed by atoms with van der Waals surface area (Å²) in [4.78, 5) is 6.45. The molecule has 0 fully saturated rings. The van der Waals surface area contributed by atoms with Gasteiger partial charge in [0.1, 0.15) is 0 Å². The Morgan fingerprint density at radius 3 is 2.58 bits per heavy atom. The highest BCUT2D eigenvalue weighted by molar-refractivity contribution is 6.30. The van der Waals surface area contributed by atoms with Crippen molar-refractivity contribution in [3.63, 3.8) is 0 Å². The first-order valence-corrected chi connectivity index (χ1v) is 8.54. The molecule has 0 radical (unpaired) electrons. The van der Waals surface area contributed by atoms with Gasteiger partial charge in [-0.25, -0.2) is 0 Å². The van der Waals surface area contributed by atoms with Gasteiger partial charge < -0.3 is 10.2 Å². The lowest BCUT2D eigenvalue weighted by Crippen LogP contribution is -2.39. The fourth-order valence-corrected chi connectivity index (χ4v) is 2.78. The molecule has 0 spiro atoms. The number of guanidine groups is 1. The van der Waals surface area contributed by atoms with Crippen molar-refractivity contribution in [2.45, 2.75) is 33.4 Å². The number of benzene rings is 1. The molecule has 0 aliphatic carbocycles. The molecule has 0 saturated carbocycles.